The maximum absolute atomic E-state index is 12.7. The molecule has 0 radical (unpaired) electrons. The fourth-order valence-electron chi connectivity index (χ4n) is 2.67. The van der Waals surface area contributed by atoms with Crippen molar-refractivity contribution in [2.24, 2.45) is 0 Å². The number of fused-ring (bicyclic) bond motifs is 2. The molecule has 0 saturated heterocycles. The standard InChI is InChI=1S/C19H9ClO6/c20-11-1-3-15-9(5-11)7-13(18(23)25-15)17(22)14-8-10-6-12(21)2-4-16(10)26-19(14)24/h1-8,21H. The Labute approximate surface area is 149 Å². The van der Waals surface area contributed by atoms with E-state index in [2.05, 4.69) is 0 Å². The number of phenols is 1. The van der Waals surface area contributed by atoms with Crippen LogP contribution in [0.25, 0.3) is 21.9 Å². The Kier molecular flexibility index (Phi) is 3.63. The molecule has 1 N–H and O–H groups in total. The van der Waals surface area contributed by atoms with Gasteiger partial charge in [0.1, 0.15) is 28.0 Å². The Balaban J connectivity index is 1.92. The number of aromatic hydroxyl groups is 1. The maximum atomic E-state index is 12.7. The van der Waals surface area contributed by atoms with Crippen molar-refractivity contribution in [3.05, 3.63) is 85.5 Å². The van der Waals surface area contributed by atoms with E-state index < -0.39 is 17.0 Å². The van der Waals surface area contributed by atoms with Crippen molar-refractivity contribution in [1.29, 1.82) is 0 Å². The fraction of sp³-hybridized carbons (Fsp3) is 0. The van der Waals surface area contributed by atoms with Crippen LogP contribution in [0.4, 0.5) is 0 Å². The van der Waals surface area contributed by atoms with Crippen molar-refractivity contribution >= 4 is 39.3 Å². The summed E-state index contributed by atoms with van der Waals surface area (Å²) in [6.45, 7) is 0. The van der Waals surface area contributed by atoms with Gasteiger partial charge < -0.3 is 13.9 Å². The van der Waals surface area contributed by atoms with Gasteiger partial charge >= 0.3 is 11.3 Å². The van der Waals surface area contributed by atoms with E-state index >= 15 is 0 Å². The van der Waals surface area contributed by atoms with Crippen LogP contribution < -0.4 is 11.3 Å². The number of hydrogen-bond donors (Lipinski definition) is 1. The van der Waals surface area contributed by atoms with Crippen LogP contribution in [0.2, 0.25) is 5.02 Å². The summed E-state index contributed by atoms with van der Waals surface area (Å²) in [5.74, 6) is -0.885. The van der Waals surface area contributed by atoms with Gasteiger partial charge in [0.2, 0.25) is 5.78 Å². The smallest absolute Gasteiger partial charge is 0.347 e. The molecule has 0 aliphatic rings. The molecule has 0 aliphatic carbocycles. The summed E-state index contributed by atoms with van der Waals surface area (Å²) >= 11 is 5.92. The highest BCUT2D eigenvalue weighted by molar-refractivity contribution is 6.31. The molecule has 26 heavy (non-hydrogen) atoms. The Morgan fingerprint density at radius 3 is 1.96 bits per heavy atom. The second kappa shape index (κ2) is 5.86. The molecule has 128 valence electrons. The topological polar surface area (TPSA) is 97.7 Å². The first kappa shape index (κ1) is 16.1. The van der Waals surface area contributed by atoms with Gasteiger partial charge in [-0.3, -0.25) is 4.79 Å². The molecule has 2 aromatic heterocycles. The van der Waals surface area contributed by atoms with Gasteiger partial charge in [-0.25, -0.2) is 9.59 Å². The van der Waals surface area contributed by atoms with Crippen molar-refractivity contribution < 1.29 is 18.7 Å². The normalized spacial score (nSPS) is 11.1. The molecular weight excluding hydrogens is 360 g/mol. The number of ketones is 1. The van der Waals surface area contributed by atoms with E-state index in [9.17, 15) is 19.5 Å². The number of carbonyl (C=O) groups is 1. The molecule has 6 nitrogen and oxygen atoms in total. The van der Waals surface area contributed by atoms with E-state index in [0.717, 1.165) is 0 Å². The van der Waals surface area contributed by atoms with Gasteiger partial charge in [-0.2, -0.15) is 0 Å². The van der Waals surface area contributed by atoms with Gasteiger partial charge in [-0.05, 0) is 48.5 Å². The van der Waals surface area contributed by atoms with Crippen LogP contribution in [0.15, 0.2) is 67.0 Å². The van der Waals surface area contributed by atoms with Crippen LogP contribution in [-0.2, 0) is 0 Å². The SMILES string of the molecule is O=C(c1cc2cc(O)ccc2oc1=O)c1cc2cc(Cl)ccc2oc1=O. The van der Waals surface area contributed by atoms with Crippen molar-refractivity contribution in [2.75, 3.05) is 0 Å². The summed E-state index contributed by atoms with van der Waals surface area (Å²) in [6.07, 6.45) is 0. The molecular formula is C19H9ClO6. The van der Waals surface area contributed by atoms with Gasteiger partial charge in [-0.1, -0.05) is 11.6 Å². The number of carbonyl (C=O) groups excluding carboxylic acids is 1. The number of benzene rings is 2. The summed E-state index contributed by atoms with van der Waals surface area (Å²) in [5.41, 5.74) is -1.93. The molecule has 0 spiro atoms. The Hall–Kier alpha value is -3.38. The zero-order chi connectivity index (χ0) is 18.4. The van der Waals surface area contributed by atoms with Gasteiger partial charge in [0.15, 0.2) is 0 Å². The van der Waals surface area contributed by atoms with Crippen molar-refractivity contribution in [3.8, 4) is 5.75 Å². The van der Waals surface area contributed by atoms with Gasteiger partial charge in [0.25, 0.3) is 0 Å². The van der Waals surface area contributed by atoms with E-state index in [1.54, 1.807) is 6.07 Å². The third kappa shape index (κ3) is 2.66. The minimum Gasteiger partial charge on any atom is -0.508 e. The van der Waals surface area contributed by atoms with Crippen LogP contribution >= 0.6 is 11.6 Å². The zero-order valence-electron chi connectivity index (χ0n) is 13.0. The Morgan fingerprint density at radius 1 is 0.808 bits per heavy atom. The maximum Gasteiger partial charge on any atom is 0.347 e. The lowest BCUT2D eigenvalue weighted by Crippen LogP contribution is -2.20. The molecule has 0 saturated carbocycles. The van der Waals surface area contributed by atoms with E-state index in [4.69, 9.17) is 20.4 Å². The van der Waals surface area contributed by atoms with E-state index in [1.807, 2.05) is 0 Å². The zero-order valence-corrected chi connectivity index (χ0v) is 13.7. The van der Waals surface area contributed by atoms with Crippen LogP contribution in [0, 0.1) is 0 Å². The number of halogens is 1. The molecule has 0 amide bonds. The number of phenolic OH excluding ortho intramolecular Hbond substituents is 1. The minimum atomic E-state index is -0.890. The van der Waals surface area contributed by atoms with Crippen LogP contribution in [0.1, 0.15) is 15.9 Å². The first-order valence-corrected chi connectivity index (χ1v) is 7.85. The first-order valence-electron chi connectivity index (χ1n) is 7.47. The highest BCUT2D eigenvalue weighted by Crippen LogP contribution is 2.22. The quantitative estimate of drug-likeness (QED) is 0.429. The van der Waals surface area contributed by atoms with Gasteiger partial charge in [-0.15, -0.1) is 0 Å². The average Bonchev–Trinajstić information content (AvgIpc) is 2.60. The summed E-state index contributed by atoms with van der Waals surface area (Å²) < 4.78 is 10.2. The monoisotopic (exact) mass is 368 g/mol. The lowest BCUT2D eigenvalue weighted by atomic mass is 10.0. The Bertz CT molecular complexity index is 1210. The molecule has 4 rings (SSSR count). The third-order valence-corrected chi connectivity index (χ3v) is 4.13. The molecule has 0 fully saturated rings. The van der Waals surface area contributed by atoms with Crippen molar-refractivity contribution in [3.63, 3.8) is 0 Å². The highest BCUT2D eigenvalue weighted by Gasteiger charge is 2.20. The predicted octanol–water partition coefficient (Wildman–Crippen LogP) is 3.49. The van der Waals surface area contributed by atoms with E-state index in [1.165, 1.54) is 42.5 Å². The molecule has 0 bridgehead atoms. The van der Waals surface area contributed by atoms with E-state index in [0.29, 0.717) is 15.8 Å². The summed E-state index contributed by atoms with van der Waals surface area (Å²) in [4.78, 5) is 37.1. The molecule has 4 aromatic rings. The predicted molar refractivity (Wildman–Crippen MR) is 95.1 cm³/mol. The molecule has 0 aliphatic heterocycles. The molecule has 7 heteroatoms. The molecule has 0 unspecified atom stereocenters. The average molecular weight is 369 g/mol. The third-order valence-electron chi connectivity index (χ3n) is 3.90. The largest absolute Gasteiger partial charge is 0.508 e. The number of rotatable bonds is 2. The lowest BCUT2D eigenvalue weighted by Gasteiger charge is -2.03. The van der Waals surface area contributed by atoms with E-state index in [-0.39, 0.29) is 28.0 Å². The summed E-state index contributed by atoms with van der Waals surface area (Å²) in [5, 5.41) is 10.8. The van der Waals surface area contributed by atoms with Crippen molar-refractivity contribution in [2.45, 2.75) is 0 Å². The minimum absolute atomic E-state index is 0.0513. The number of hydrogen-bond acceptors (Lipinski definition) is 6. The summed E-state index contributed by atoms with van der Waals surface area (Å²) in [6, 6.07) is 11.3. The van der Waals surface area contributed by atoms with Crippen LogP contribution in [0.5, 0.6) is 5.75 Å². The lowest BCUT2D eigenvalue weighted by molar-refractivity contribution is 0.103. The molecule has 2 heterocycles. The molecule has 0 atom stereocenters. The fourth-order valence-corrected chi connectivity index (χ4v) is 2.85. The first-order chi connectivity index (χ1) is 12.4. The second-order valence-electron chi connectivity index (χ2n) is 5.63. The van der Waals surface area contributed by atoms with Crippen molar-refractivity contribution in [1.82, 2.24) is 0 Å². The summed E-state index contributed by atoms with van der Waals surface area (Å²) in [7, 11) is 0. The second-order valence-corrected chi connectivity index (χ2v) is 6.06. The molecule has 2 aromatic carbocycles. The van der Waals surface area contributed by atoms with Gasteiger partial charge in [0.05, 0.1) is 0 Å². The Morgan fingerprint density at radius 2 is 1.35 bits per heavy atom. The van der Waals surface area contributed by atoms with Crippen LogP contribution in [0.3, 0.4) is 0 Å². The van der Waals surface area contributed by atoms with Gasteiger partial charge in [0, 0.05) is 15.8 Å². The van der Waals surface area contributed by atoms with Crippen LogP contribution in [-0.4, -0.2) is 10.9 Å². The highest BCUT2D eigenvalue weighted by atomic mass is 35.5.